The average molecular weight is 186 g/mol. The van der Waals surface area contributed by atoms with Gasteiger partial charge in [0.15, 0.2) is 0 Å². The van der Waals surface area contributed by atoms with Crippen LogP contribution in [0.1, 0.15) is 5.56 Å². The van der Waals surface area contributed by atoms with E-state index in [1.807, 2.05) is 0 Å². The number of fused-ring (bicyclic) bond motifs is 1. The Hall–Kier alpha value is -1.45. The third-order valence-corrected chi connectivity index (χ3v) is 1.80. The molecular formula is C9H5F3O. The summed E-state index contributed by atoms with van der Waals surface area (Å²) in [6.07, 6.45) is -1.58. The molecule has 1 nitrogen and oxygen atoms in total. The molecule has 1 heterocycles. The molecule has 0 saturated carbocycles. The average Bonchev–Trinajstić information content (AvgIpc) is 2.47. The summed E-state index contributed by atoms with van der Waals surface area (Å²) in [6.45, 7) is 0. The van der Waals surface area contributed by atoms with Crippen LogP contribution in [-0.4, -0.2) is 0 Å². The molecule has 0 N–H and O–H groups in total. The van der Waals surface area contributed by atoms with Crippen molar-refractivity contribution in [2.75, 3.05) is 0 Å². The van der Waals surface area contributed by atoms with Crippen LogP contribution in [0.5, 0.6) is 0 Å². The molecule has 0 aliphatic heterocycles. The molecule has 0 atom stereocenters. The van der Waals surface area contributed by atoms with Crippen LogP contribution in [0.3, 0.4) is 0 Å². The largest absolute Gasteiger partial charge is 0.471 e. The molecule has 2 aromatic rings. The standard InChI is InChI=1S/C9H5F3O/c10-9(11,12)8-2-1-6-4-13-5-7(6)3-8/h1-5H. The fraction of sp³-hybridized carbons (Fsp3) is 0.111. The van der Waals surface area contributed by atoms with E-state index in [0.717, 1.165) is 12.1 Å². The lowest BCUT2D eigenvalue weighted by atomic mass is 10.1. The molecule has 0 amide bonds. The first-order chi connectivity index (χ1) is 6.07. The fourth-order valence-electron chi connectivity index (χ4n) is 1.14. The summed E-state index contributed by atoms with van der Waals surface area (Å²) in [5.74, 6) is 0. The Kier molecular flexibility index (Phi) is 1.58. The topological polar surface area (TPSA) is 13.1 Å². The van der Waals surface area contributed by atoms with Gasteiger partial charge in [0.05, 0.1) is 18.1 Å². The van der Waals surface area contributed by atoms with Gasteiger partial charge < -0.3 is 4.42 Å². The third-order valence-electron chi connectivity index (χ3n) is 1.80. The zero-order valence-corrected chi connectivity index (χ0v) is 6.43. The lowest BCUT2D eigenvalue weighted by molar-refractivity contribution is -0.137. The predicted octanol–water partition coefficient (Wildman–Crippen LogP) is 3.45. The van der Waals surface area contributed by atoms with E-state index >= 15 is 0 Å². The van der Waals surface area contributed by atoms with Gasteiger partial charge in [0.25, 0.3) is 0 Å². The maximum atomic E-state index is 12.2. The van der Waals surface area contributed by atoms with Gasteiger partial charge in [0, 0.05) is 10.8 Å². The molecule has 1 aromatic carbocycles. The molecule has 2 rings (SSSR count). The Morgan fingerprint density at radius 3 is 2.38 bits per heavy atom. The minimum Gasteiger partial charge on any atom is -0.471 e. The number of benzene rings is 1. The number of furan rings is 1. The minimum atomic E-state index is -4.29. The molecule has 0 radical (unpaired) electrons. The summed E-state index contributed by atoms with van der Waals surface area (Å²) in [4.78, 5) is 0. The Bertz CT molecular complexity index is 428. The molecule has 4 heteroatoms. The lowest BCUT2D eigenvalue weighted by Gasteiger charge is -2.05. The van der Waals surface area contributed by atoms with Crippen molar-refractivity contribution in [1.29, 1.82) is 0 Å². The van der Waals surface area contributed by atoms with E-state index in [4.69, 9.17) is 4.42 Å². The number of hydrogen-bond donors (Lipinski definition) is 0. The van der Waals surface area contributed by atoms with Gasteiger partial charge in [-0.15, -0.1) is 0 Å². The zero-order chi connectivity index (χ0) is 9.47. The lowest BCUT2D eigenvalue weighted by Crippen LogP contribution is -2.03. The first-order valence-electron chi connectivity index (χ1n) is 3.60. The van der Waals surface area contributed by atoms with Gasteiger partial charge in [0.1, 0.15) is 0 Å². The second-order valence-electron chi connectivity index (χ2n) is 2.71. The molecule has 0 spiro atoms. The SMILES string of the molecule is FC(F)(F)c1ccc2cocc2c1. The third kappa shape index (κ3) is 1.39. The molecule has 0 bridgehead atoms. The first kappa shape index (κ1) is 8.16. The van der Waals surface area contributed by atoms with Crippen molar-refractivity contribution in [3.05, 3.63) is 36.3 Å². The van der Waals surface area contributed by atoms with Gasteiger partial charge in [-0.2, -0.15) is 13.2 Å². The van der Waals surface area contributed by atoms with Crippen LogP contribution in [0.2, 0.25) is 0 Å². The summed E-state index contributed by atoms with van der Waals surface area (Å²) in [5.41, 5.74) is -0.651. The summed E-state index contributed by atoms with van der Waals surface area (Å²) in [7, 11) is 0. The summed E-state index contributed by atoms with van der Waals surface area (Å²) in [6, 6.07) is 3.50. The quantitative estimate of drug-likeness (QED) is 0.614. The summed E-state index contributed by atoms with van der Waals surface area (Å²) < 4.78 is 41.3. The normalized spacial score (nSPS) is 12.2. The molecule has 0 fully saturated rings. The van der Waals surface area contributed by atoms with Gasteiger partial charge in [-0.05, 0) is 12.1 Å². The van der Waals surface area contributed by atoms with E-state index in [1.54, 1.807) is 0 Å². The first-order valence-corrected chi connectivity index (χ1v) is 3.60. The van der Waals surface area contributed by atoms with E-state index in [2.05, 4.69) is 0 Å². The number of alkyl halides is 3. The smallest absolute Gasteiger partial charge is 0.416 e. The van der Waals surface area contributed by atoms with Gasteiger partial charge in [0.2, 0.25) is 0 Å². The summed E-state index contributed by atoms with van der Waals surface area (Å²) in [5, 5.41) is 1.14. The zero-order valence-electron chi connectivity index (χ0n) is 6.43. The Morgan fingerprint density at radius 1 is 1.00 bits per heavy atom. The Morgan fingerprint density at radius 2 is 1.69 bits per heavy atom. The highest BCUT2D eigenvalue weighted by molar-refractivity contribution is 5.81. The molecule has 0 aliphatic rings. The molecular weight excluding hydrogens is 181 g/mol. The van der Waals surface area contributed by atoms with Crippen molar-refractivity contribution >= 4 is 10.8 Å². The summed E-state index contributed by atoms with van der Waals surface area (Å²) >= 11 is 0. The van der Waals surface area contributed by atoms with E-state index < -0.39 is 11.7 Å². The van der Waals surface area contributed by atoms with Crippen LogP contribution in [0.25, 0.3) is 10.8 Å². The van der Waals surface area contributed by atoms with Crippen LogP contribution >= 0.6 is 0 Å². The van der Waals surface area contributed by atoms with Gasteiger partial charge >= 0.3 is 6.18 Å². The predicted molar refractivity (Wildman–Crippen MR) is 41.2 cm³/mol. The van der Waals surface area contributed by atoms with Crippen LogP contribution in [0.4, 0.5) is 13.2 Å². The van der Waals surface area contributed by atoms with Crippen molar-refractivity contribution in [2.45, 2.75) is 6.18 Å². The van der Waals surface area contributed by atoms with Crippen LogP contribution in [0, 0.1) is 0 Å². The van der Waals surface area contributed by atoms with Gasteiger partial charge in [-0.25, -0.2) is 0 Å². The van der Waals surface area contributed by atoms with Crippen molar-refractivity contribution in [3.8, 4) is 0 Å². The van der Waals surface area contributed by atoms with Crippen molar-refractivity contribution < 1.29 is 17.6 Å². The number of hydrogen-bond acceptors (Lipinski definition) is 1. The highest BCUT2D eigenvalue weighted by Crippen LogP contribution is 2.31. The highest BCUT2D eigenvalue weighted by Gasteiger charge is 2.30. The fourth-order valence-corrected chi connectivity index (χ4v) is 1.14. The minimum absolute atomic E-state index is 0.467. The Labute approximate surface area is 71.8 Å². The van der Waals surface area contributed by atoms with Gasteiger partial charge in [-0.1, -0.05) is 6.07 Å². The van der Waals surface area contributed by atoms with Crippen LogP contribution < -0.4 is 0 Å². The molecule has 0 aliphatic carbocycles. The van der Waals surface area contributed by atoms with E-state index in [9.17, 15) is 13.2 Å². The van der Waals surface area contributed by atoms with Crippen molar-refractivity contribution in [1.82, 2.24) is 0 Å². The molecule has 68 valence electrons. The van der Waals surface area contributed by atoms with Crippen molar-refractivity contribution in [2.24, 2.45) is 0 Å². The molecule has 1 aromatic heterocycles. The maximum absolute atomic E-state index is 12.2. The second kappa shape index (κ2) is 2.52. The molecule has 0 saturated heterocycles. The van der Waals surface area contributed by atoms with Crippen LogP contribution in [0.15, 0.2) is 35.1 Å². The Balaban J connectivity index is 2.61. The van der Waals surface area contributed by atoms with Gasteiger partial charge in [-0.3, -0.25) is 0 Å². The second-order valence-corrected chi connectivity index (χ2v) is 2.71. The highest BCUT2D eigenvalue weighted by atomic mass is 19.4. The molecule has 0 unspecified atom stereocenters. The number of rotatable bonds is 0. The number of halogens is 3. The van der Waals surface area contributed by atoms with E-state index in [0.29, 0.717) is 10.8 Å². The van der Waals surface area contributed by atoms with Crippen LogP contribution in [-0.2, 0) is 6.18 Å². The maximum Gasteiger partial charge on any atom is 0.416 e. The van der Waals surface area contributed by atoms with E-state index in [-0.39, 0.29) is 0 Å². The molecule has 13 heavy (non-hydrogen) atoms. The monoisotopic (exact) mass is 186 g/mol. The van der Waals surface area contributed by atoms with Crippen molar-refractivity contribution in [3.63, 3.8) is 0 Å². The van der Waals surface area contributed by atoms with E-state index in [1.165, 1.54) is 18.6 Å².